The molecule has 3 rings (SSSR count). The van der Waals surface area contributed by atoms with E-state index in [9.17, 15) is 13.2 Å². The van der Waals surface area contributed by atoms with E-state index in [1.54, 1.807) is 29.4 Å². The summed E-state index contributed by atoms with van der Waals surface area (Å²) in [6.07, 6.45) is 6.12. The fraction of sp³-hybridized carbons (Fsp3) is 0.600. The van der Waals surface area contributed by atoms with E-state index in [1.807, 2.05) is 0 Å². The van der Waals surface area contributed by atoms with Crippen LogP contribution < -0.4 is 4.72 Å². The molecule has 126 valence electrons. The van der Waals surface area contributed by atoms with Gasteiger partial charge in [-0.2, -0.15) is 0 Å². The summed E-state index contributed by atoms with van der Waals surface area (Å²) in [5, 5.41) is 0. The predicted molar refractivity (Wildman–Crippen MR) is 84.4 cm³/mol. The monoisotopic (exact) mass is 339 g/mol. The number of amides is 1. The van der Waals surface area contributed by atoms with Crippen LogP contribution in [-0.4, -0.2) is 62.3 Å². The van der Waals surface area contributed by atoms with Crippen molar-refractivity contribution in [3.05, 3.63) is 30.1 Å². The first-order chi connectivity index (χ1) is 10.9. The lowest BCUT2D eigenvalue weighted by Gasteiger charge is -2.52. The lowest BCUT2D eigenvalue weighted by molar-refractivity contribution is -0.165. The maximum absolute atomic E-state index is 12.3. The summed E-state index contributed by atoms with van der Waals surface area (Å²) < 4.78 is 30.7. The molecule has 1 aromatic heterocycles. The number of aromatic nitrogens is 1. The Kier molecular flexibility index (Phi) is 4.39. The van der Waals surface area contributed by atoms with Crippen molar-refractivity contribution < 1.29 is 17.9 Å². The number of carbonyl (C=O) groups excluding carboxylic acids is 1. The maximum atomic E-state index is 12.3. The van der Waals surface area contributed by atoms with Gasteiger partial charge in [0.15, 0.2) is 0 Å². The van der Waals surface area contributed by atoms with Crippen LogP contribution in [0.4, 0.5) is 0 Å². The van der Waals surface area contributed by atoms with Crippen LogP contribution in [0, 0.1) is 5.92 Å². The minimum Gasteiger partial charge on any atom is -0.371 e. The van der Waals surface area contributed by atoms with Gasteiger partial charge in [0.05, 0.1) is 31.5 Å². The Labute approximate surface area is 136 Å². The van der Waals surface area contributed by atoms with Gasteiger partial charge in [-0.15, -0.1) is 0 Å². The average molecular weight is 339 g/mol. The van der Waals surface area contributed by atoms with Gasteiger partial charge in [0.1, 0.15) is 5.60 Å². The molecular weight excluding hydrogens is 318 g/mol. The number of hydrogen-bond donors (Lipinski definition) is 1. The fourth-order valence-corrected chi connectivity index (χ4v) is 3.60. The maximum Gasteiger partial charge on any atom is 0.255 e. The van der Waals surface area contributed by atoms with Crippen LogP contribution in [-0.2, 0) is 14.8 Å². The van der Waals surface area contributed by atoms with Crippen molar-refractivity contribution in [2.24, 2.45) is 5.92 Å². The third kappa shape index (κ3) is 3.88. The normalized spacial score (nSPS) is 23.5. The Bertz CT molecular complexity index is 661. The SMILES string of the molecule is CS(=O)(=O)NCC1CCC2(CN(C(=O)c3cccnc3)C2)OC1. The van der Waals surface area contributed by atoms with Crippen LogP contribution in [0.5, 0.6) is 0 Å². The van der Waals surface area contributed by atoms with E-state index in [1.165, 1.54) is 0 Å². The van der Waals surface area contributed by atoms with Crippen LogP contribution in [0.25, 0.3) is 0 Å². The molecule has 0 radical (unpaired) electrons. The van der Waals surface area contributed by atoms with Gasteiger partial charge in [-0.1, -0.05) is 0 Å². The highest BCUT2D eigenvalue weighted by molar-refractivity contribution is 7.88. The molecule has 8 heteroatoms. The largest absolute Gasteiger partial charge is 0.371 e. The Morgan fingerprint density at radius 2 is 2.30 bits per heavy atom. The Hall–Kier alpha value is -1.51. The van der Waals surface area contributed by atoms with Crippen LogP contribution in [0.2, 0.25) is 0 Å². The zero-order chi connectivity index (χ0) is 16.5. The van der Waals surface area contributed by atoms with Gasteiger partial charge >= 0.3 is 0 Å². The molecule has 0 aromatic carbocycles. The predicted octanol–water partition coefficient (Wildman–Crippen LogP) is 0.252. The van der Waals surface area contributed by atoms with Crippen LogP contribution in [0.3, 0.4) is 0 Å². The van der Waals surface area contributed by atoms with Gasteiger partial charge in [0.2, 0.25) is 10.0 Å². The molecule has 23 heavy (non-hydrogen) atoms. The van der Waals surface area contributed by atoms with Crippen LogP contribution >= 0.6 is 0 Å². The van der Waals surface area contributed by atoms with Gasteiger partial charge in [0.25, 0.3) is 5.91 Å². The summed E-state index contributed by atoms with van der Waals surface area (Å²) in [7, 11) is -3.16. The molecule has 1 unspecified atom stereocenters. The number of nitrogens with zero attached hydrogens (tertiary/aromatic N) is 2. The van der Waals surface area contributed by atoms with E-state index in [4.69, 9.17) is 4.74 Å². The van der Waals surface area contributed by atoms with E-state index < -0.39 is 10.0 Å². The van der Waals surface area contributed by atoms with E-state index in [-0.39, 0.29) is 17.4 Å². The third-order valence-corrected chi connectivity index (χ3v) is 5.11. The summed E-state index contributed by atoms with van der Waals surface area (Å²) in [6, 6.07) is 3.51. The molecule has 3 heterocycles. The van der Waals surface area contributed by atoms with Gasteiger partial charge in [0, 0.05) is 18.9 Å². The standard InChI is InChI=1S/C15H21N3O4S/c1-23(20,21)17-7-12-4-5-15(22-9-12)10-18(11-15)14(19)13-3-2-6-16-8-13/h2-3,6,8,12,17H,4-5,7,9-11H2,1H3. The molecule has 2 aliphatic rings. The van der Waals surface area contributed by atoms with Crippen LogP contribution in [0.1, 0.15) is 23.2 Å². The molecule has 7 nitrogen and oxygen atoms in total. The number of rotatable bonds is 4. The second-order valence-electron chi connectivity index (χ2n) is 6.42. The molecule has 0 saturated carbocycles. The van der Waals surface area contributed by atoms with Gasteiger partial charge < -0.3 is 9.64 Å². The minimum atomic E-state index is -3.16. The van der Waals surface area contributed by atoms with Crippen molar-refractivity contribution in [3.63, 3.8) is 0 Å². The highest BCUT2D eigenvalue weighted by atomic mass is 32.2. The van der Waals surface area contributed by atoms with Crippen LogP contribution in [0.15, 0.2) is 24.5 Å². The Morgan fingerprint density at radius 3 is 2.87 bits per heavy atom. The zero-order valence-corrected chi connectivity index (χ0v) is 13.9. The van der Waals surface area contributed by atoms with Gasteiger partial charge in [-0.3, -0.25) is 9.78 Å². The van der Waals surface area contributed by atoms with E-state index in [0.29, 0.717) is 31.8 Å². The van der Waals surface area contributed by atoms with Crippen molar-refractivity contribution in [3.8, 4) is 0 Å². The quantitative estimate of drug-likeness (QED) is 0.850. The van der Waals surface area contributed by atoms with Crippen molar-refractivity contribution in [1.29, 1.82) is 0 Å². The first-order valence-electron chi connectivity index (χ1n) is 7.65. The number of pyridine rings is 1. The fourth-order valence-electron chi connectivity index (χ4n) is 3.06. The number of hydrogen-bond acceptors (Lipinski definition) is 5. The topological polar surface area (TPSA) is 88.6 Å². The molecule has 1 amide bonds. The lowest BCUT2D eigenvalue weighted by atomic mass is 9.82. The van der Waals surface area contributed by atoms with Crippen molar-refractivity contribution >= 4 is 15.9 Å². The van der Waals surface area contributed by atoms with E-state index in [2.05, 4.69) is 9.71 Å². The first-order valence-corrected chi connectivity index (χ1v) is 9.54. The molecule has 1 atom stereocenters. The molecule has 0 aliphatic carbocycles. The summed E-state index contributed by atoms with van der Waals surface area (Å²) in [5.41, 5.74) is 0.341. The molecule has 1 aromatic rings. The molecule has 2 fully saturated rings. The number of carbonyl (C=O) groups is 1. The molecular formula is C15H21N3O4S. The number of sulfonamides is 1. The van der Waals surface area contributed by atoms with Gasteiger partial charge in [-0.05, 0) is 30.9 Å². The Morgan fingerprint density at radius 1 is 1.52 bits per heavy atom. The second-order valence-corrected chi connectivity index (χ2v) is 8.26. The van der Waals surface area contributed by atoms with Crippen molar-refractivity contribution in [1.82, 2.24) is 14.6 Å². The summed E-state index contributed by atoms with van der Waals surface area (Å²) >= 11 is 0. The van der Waals surface area contributed by atoms with Gasteiger partial charge in [-0.25, -0.2) is 13.1 Å². The summed E-state index contributed by atoms with van der Waals surface area (Å²) in [4.78, 5) is 18.0. The molecule has 1 N–H and O–H groups in total. The first kappa shape index (κ1) is 16.4. The van der Waals surface area contributed by atoms with Crippen molar-refractivity contribution in [2.45, 2.75) is 18.4 Å². The smallest absolute Gasteiger partial charge is 0.255 e. The summed E-state index contributed by atoms with van der Waals surface area (Å²) in [6.45, 7) is 2.12. The zero-order valence-electron chi connectivity index (χ0n) is 13.1. The number of likely N-dealkylation sites (tertiary alicyclic amines) is 1. The molecule has 1 spiro atoms. The highest BCUT2D eigenvalue weighted by Gasteiger charge is 2.48. The molecule has 0 bridgehead atoms. The van der Waals surface area contributed by atoms with E-state index >= 15 is 0 Å². The average Bonchev–Trinajstić information content (AvgIpc) is 2.51. The lowest BCUT2D eigenvalue weighted by Crippen LogP contribution is -2.66. The number of ether oxygens (including phenoxy) is 1. The van der Waals surface area contributed by atoms with Crippen molar-refractivity contribution in [2.75, 3.05) is 32.5 Å². The number of nitrogens with one attached hydrogen (secondary N) is 1. The highest BCUT2D eigenvalue weighted by Crippen LogP contribution is 2.36. The Balaban J connectivity index is 1.47. The second kappa shape index (κ2) is 6.18. The third-order valence-electron chi connectivity index (χ3n) is 4.42. The summed E-state index contributed by atoms with van der Waals surface area (Å²) in [5.74, 6) is 0.173. The molecule has 2 aliphatic heterocycles. The van der Waals surface area contributed by atoms with E-state index in [0.717, 1.165) is 19.1 Å². The molecule has 2 saturated heterocycles. The minimum absolute atomic E-state index is 0.0202.